The Labute approximate surface area is 216 Å². The SMILES string of the molecule is C=C(C)C(O)Cc1c(O)c(CC=C(C)C)c(O)c2c(=O)c(CC=C(C)C)c(-c3ccc(O)cc3O)oc12. The zero-order chi connectivity index (χ0) is 27.6. The van der Waals surface area contributed by atoms with E-state index in [4.69, 9.17) is 4.42 Å². The lowest BCUT2D eigenvalue weighted by molar-refractivity contribution is 0.210. The van der Waals surface area contributed by atoms with Gasteiger partial charge in [-0.15, -0.1) is 0 Å². The molecule has 2 aromatic carbocycles. The third-order valence-corrected chi connectivity index (χ3v) is 6.20. The molecule has 1 unspecified atom stereocenters. The summed E-state index contributed by atoms with van der Waals surface area (Å²) >= 11 is 0. The first-order valence-corrected chi connectivity index (χ1v) is 12.0. The van der Waals surface area contributed by atoms with Gasteiger partial charge in [0.2, 0.25) is 5.43 Å². The molecule has 0 aliphatic heterocycles. The van der Waals surface area contributed by atoms with Crippen molar-refractivity contribution in [3.8, 4) is 34.3 Å². The van der Waals surface area contributed by atoms with E-state index in [1.54, 1.807) is 6.92 Å². The molecule has 0 saturated heterocycles. The fourth-order valence-corrected chi connectivity index (χ4v) is 4.03. The average molecular weight is 507 g/mol. The smallest absolute Gasteiger partial charge is 0.200 e. The van der Waals surface area contributed by atoms with Gasteiger partial charge in [0.05, 0.1) is 11.7 Å². The third-order valence-electron chi connectivity index (χ3n) is 6.20. The fraction of sp³-hybridized carbons (Fsp3) is 0.300. The summed E-state index contributed by atoms with van der Waals surface area (Å²) in [7, 11) is 0. The van der Waals surface area contributed by atoms with Gasteiger partial charge in [-0.05, 0) is 59.6 Å². The van der Waals surface area contributed by atoms with Crippen molar-refractivity contribution in [1.29, 1.82) is 0 Å². The Balaban J connectivity index is 2.52. The van der Waals surface area contributed by atoms with Gasteiger partial charge in [0.1, 0.15) is 39.7 Å². The molecule has 0 fully saturated rings. The second-order valence-electron chi connectivity index (χ2n) is 9.84. The predicted molar refractivity (Wildman–Crippen MR) is 145 cm³/mol. The first-order chi connectivity index (χ1) is 17.3. The Bertz CT molecular complexity index is 1480. The summed E-state index contributed by atoms with van der Waals surface area (Å²) in [6, 6.07) is 3.91. The lowest BCUT2D eigenvalue weighted by Crippen LogP contribution is -2.16. The number of benzene rings is 2. The highest BCUT2D eigenvalue weighted by atomic mass is 16.3. The van der Waals surface area contributed by atoms with Crippen LogP contribution in [0, 0.1) is 0 Å². The minimum atomic E-state index is -1.05. The number of phenolic OH excluding ortho intramolecular Hbond substituents is 4. The van der Waals surface area contributed by atoms with E-state index in [2.05, 4.69) is 6.58 Å². The molecular weight excluding hydrogens is 472 g/mol. The Morgan fingerprint density at radius 2 is 1.51 bits per heavy atom. The summed E-state index contributed by atoms with van der Waals surface area (Å²) < 4.78 is 6.22. The predicted octanol–water partition coefficient (Wildman–Crippen LogP) is 5.78. The summed E-state index contributed by atoms with van der Waals surface area (Å²) in [5, 5.41) is 53.3. The molecule has 0 saturated carbocycles. The van der Waals surface area contributed by atoms with Gasteiger partial charge in [-0.25, -0.2) is 0 Å². The van der Waals surface area contributed by atoms with E-state index in [9.17, 15) is 30.3 Å². The summed E-state index contributed by atoms with van der Waals surface area (Å²) in [4.78, 5) is 14.0. The van der Waals surface area contributed by atoms with Gasteiger partial charge in [0.25, 0.3) is 0 Å². The number of phenols is 4. The van der Waals surface area contributed by atoms with Gasteiger partial charge in [-0.1, -0.05) is 35.5 Å². The number of aliphatic hydroxyl groups is 1. The number of fused-ring (bicyclic) bond motifs is 1. The standard InChI is InChI=1S/C30H34O7/c1-15(2)7-10-20-26(34)22(14-23(32)17(5)6)30-25(27(20)35)28(36)21(11-8-16(3)4)29(37-30)19-12-9-18(31)13-24(19)33/h7-9,12-13,23,31-35H,5,10-11,14H2,1-4,6H3. The molecule has 0 spiro atoms. The molecule has 0 bridgehead atoms. The van der Waals surface area contributed by atoms with Crippen LogP contribution >= 0.6 is 0 Å². The zero-order valence-electron chi connectivity index (χ0n) is 21.8. The lowest BCUT2D eigenvalue weighted by atomic mass is 9.92. The minimum Gasteiger partial charge on any atom is -0.508 e. The first-order valence-electron chi connectivity index (χ1n) is 12.0. The summed E-state index contributed by atoms with van der Waals surface area (Å²) in [6.45, 7) is 12.9. The van der Waals surface area contributed by atoms with Crippen molar-refractivity contribution in [2.45, 2.75) is 60.0 Å². The number of rotatable bonds is 8. The highest BCUT2D eigenvalue weighted by Gasteiger charge is 2.28. The van der Waals surface area contributed by atoms with E-state index in [0.29, 0.717) is 5.57 Å². The highest BCUT2D eigenvalue weighted by Crippen LogP contribution is 2.43. The molecule has 3 aromatic rings. The second kappa shape index (κ2) is 11.0. The summed E-state index contributed by atoms with van der Waals surface area (Å²) in [5.41, 5.74) is 2.38. The molecule has 5 N–H and O–H groups in total. The topological polar surface area (TPSA) is 131 Å². The number of allylic oxidation sites excluding steroid dienone is 4. The van der Waals surface area contributed by atoms with Crippen molar-refractivity contribution in [3.05, 3.63) is 80.6 Å². The maximum atomic E-state index is 14.0. The van der Waals surface area contributed by atoms with Crippen molar-refractivity contribution in [2.24, 2.45) is 0 Å². The Hall–Kier alpha value is -3.97. The van der Waals surface area contributed by atoms with Gasteiger partial charge in [0, 0.05) is 29.2 Å². The van der Waals surface area contributed by atoms with Crippen LogP contribution in [0.5, 0.6) is 23.0 Å². The molecule has 7 nitrogen and oxygen atoms in total. The van der Waals surface area contributed by atoms with E-state index in [-0.39, 0.29) is 75.5 Å². The van der Waals surface area contributed by atoms with E-state index in [1.807, 2.05) is 39.8 Å². The number of aromatic hydroxyl groups is 4. The summed E-state index contributed by atoms with van der Waals surface area (Å²) in [6.07, 6.45) is 2.80. The van der Waals surface area contributed by atoms with Gasteiger partial charge in [-0.3, -0.25) is 4.79 Å². The van der Waals surface area contributed by atoms with E-state index >= 15 is 0 Å². The van der Waals surface area contributed by atoms with Crippen molar-refractivity contribution in [3.63, 3.8) is 0 Å². The van der Waals surface area contributed by atoms with Gasteiger partial charge < -0.3 is 29.9 Å². The molecule has 37 heavy (non-hydrogen) atoms. The largest absolute Gasteiger partial charge is 0.508 e. The van der Waals surface area contributed by atoms with Crippen molar-refractivity contribution < 1.29 is 29.9 Å². The minimum absolute atomic E-state index is 0.0365. The molecule has 1 aromatic heterocycles. The quantitative estimate of drug-likeness (QED) is 0.245. The fourth-order valence-electron chi connectivity index (χ4n) is 4.03. The van der Waals surface area contributed by atoms with Crippen LogP contribution in [0.3, 0.4) is 0 Å². The van der Waals surface area contributed by atoms with Crippen LogP contribution < -0.4 is 5.43 Å². The van der Waals surface area contributed by atoms with E-state index in [0.717, 1.165) is 17.2 Å². The molecule has 7 heteroatoms. The van der Waals surface area contributed by atoms with Crippen LogP contribution in [0.1, 0.15) is 51.3 Å². The van der Waals surface area contributed by atoms with Crippen LogP contribution in [0.15, 0.2) is 62.9 Å². The van der Waals surface area contributed by atoms with E-state index in [1.165, 1.54) is 12.1 Å². The van der Waals surface area contributed by atoms with Crippen LogP contribution in [-0.4, -0.2) is 31.6 Å². The molecule has 3 rings (SSSR count). The van der Waals surface area contributed by atoms with Gasteiger partial charge in [-0.2, -0.15) is 0 Å². The van der Waals surface area contributed by atoms with Crippen LogP contribution in [0.2, 0.25) is 0 Å². The third kappa shape index (κ3) is 5.73. The first kappa shape index (κ1) is 27.6. The van der Waals surface area contributed by atoms with Crippen molar-refractivity contribution in [1.82, 2.24) is 0 Å². The molecule has 0 radical (unpaired) electrons. The molecule has 0 aliphatic carbocycles. The van der Waals surface area contributed by atoms with Crippen LogP contribution in [-0.2, 0) is 19.3 Å². The average Bonchev–Trinajstić information content (AvgIpc) is 2.80. The number of aliphatic hydroxyl groups excluding tert-OH is 1. The Morgan fingerprint density at radius 3 is 2.05 bits per heavy atom. The maximum absolute atomic E-state index is 14.0. The maximum Gasteiger partial charge on any atom is 0.200 e. The Morgan fingerprint density at radius 1 is 0.919 bits per heavy atom. The van der Waals surface area contributed by atoms with E-state index < -0.39 is 17.3 Å². The molecule has 0 amide bonds. The lowest BCUT2D eigenvalue weighted by Gasteiger charge is -2.19. The number of hydrogen-bond donors (Lipinski definition) is 5. The highest BCUT2D eigenvalue weighted by molar-refractivity contribution is 5.92. The Kier molecular flexibility index (Phi) is 8.18. The second-order valence-corrected chi connectivity index (χ2v) is 9.84. The van der Waals surface area contributed by atoms with Gasteiger partial charge >= 0.3 is 0 Å². The molecule has 1 atom stereocenters. The normalized spacial score (nSPS) is 11.8. The van der Waals surface area contributed by atoms with Crippen molar-refractivity contribution >= 4 is 11.0 Å². The molecule has 0 aliphatic rings. The molecule has 196 valence electrons. The molecular formula is C30H34O7. The zero-order valence-corrected chi connectivity index (χ0v) is 21.8. The van der Waals surface area contributed by atoms with Crippen LogP contribution in [0.4, 0.5) is 0 Å². The van der Waals surface area contributed by atoms with Crippen molar-refractivity contribution in [2.75, 3.05) is 0 Å². The van der Waals surface area contributed by atoms with Crippen LogP contribution in [0.25, 0.3) is 22.3 Å². The monoisotopic (exact) mass is 506 g/mol. The van der Waals surface area contributed by atoms with Gasteiger partial charge in [0.15, 0.2) is 0 Å². The number of hydrogen-bond acceptors (Lipinski definition) is 7. The summed E-state index contributed by atoms with van der Waals surface area (Å²) in [5.74, 6) is -1.12. The molecule has 1 heterocycles.